The Kier molecular flexibility index (Phi) is 4.30. The number of aryl methyl sites for hydroxylation is 2. The molecule has 0 aliphatic carbocycles. The zero-order valence-electron chi connectivity index (χ0n) is 6.72. The molecule has 0 saturated carbocycles. The van der Waals surface area contributed by atoms with Crippen LogP contribution in [0.2, 0.25) is 0 Å². The molecular formula is C10H14. The Morgan fingerprint density at radius 1 is 1.00 bits per heavy atom. The first-order chi connectivity index (χ1) is 4.79. The van der Waals surface area contributed by atoms with Gasteiger partial charge < -0.3 is 0 Å². The first kappa shape index (κ1) is 8.96. The number of hydrogen-bond acceptors (Lipinski definition) is 0. The van der Waals surface area contributed by atoms with Gasteiger partial charge in [0.25, 0.3) is 0 Å². The summed E-state index contributed by atoms with van der Waals surface area (Å²) in [6.45, 7) is 10.2. The molecule has 54 valence electrons. The van der Waals surface area contributed by atoms with E-state index in [1.54, 1.807) is 0 Å². The van der Waals surface area contributed by atoms with E-state index in [4.69, 9.17) is 0 Å². The number of benzene rings is 1. The molecule has 10 heavy (non-hydrogen) atoms. The molecule has 0 aromatic heterocycles. The molecule has 0 amide bonds. The minimum absolute atomic E-state index is 1.34. The molecule has 0 aliphatic rings. The van der Waals surface area contributed by atoms with Crippen LogP contribution in [0.4, 0.5) is 0 Å². The second-order valence-corrected chi connectivity index (χ2v) is 2.16. The lowest BCUT2D eigenvalue weighted by atomic mass is 10.2. The van der Waals surface area contributed by atoms with E-state index in [0.717, 1.165) is 0 Å². The van der Waals surface area contributed by atoms with Crippen LogP contribution in [0.25, 0.3) is 0 Å². The first-order valence-corrected chi connectivity index (χ1v) is 3.32. The fraction of sp³-hybridized carbons (Fsp3) is 0.200. The predicted molar refractivity (Wildman–Crippen MR) is 47.2 cm³/mol. The summed E-state index contributed by atoms with van der Waals surface area (Å²) in [5.74, 6) is 0. The molecule has 0 atom stereocenters. The van der Waals surface area contributed by atoms with Crippen molar-refractivity contribution in [1.29, 1.82) is 0 Å². The van der Waals surface area contributed by atoms with Crippen LogP contribution in [-0.4, -0.2) is 0 Å². The van der Waals surface area contributed by atoms with Crippen molar-refractivity contribution in [3.05, 3.63) is 48.6 Å². The highest BCUT2D eigenvalue weighted by Gasteiger charge is 1.80. The average molecular weight is 134 g/mol. The quantitative estimate of drug-likeness (QED) is 0.478. The normalized spacial score (nSPS) is 7.80. The summed E-state index contributed by atoms with van der Waals surface area (Å²) < 4.78 is 0. The van der Waals surface area contributed by atoms with Crippen LogP contribution in [0.1, 0.15) is 11.1 Å². The van der Waals surface area contributed by atoms with Crippen LogP contribution < -0.4 is 0 Å². The molecule has 0 saturated heterocycles. The van der Waals surface area contributed by atoms with E-state index >= 15 is 0 Å². The summed E-state index contributed by atoms with van der Waals surface area (Å²) in [7, 11) is 0. The monoisotopic (exact) mass is 134 g/mol. The lowest BCUT2D eigenvalue weighted by Crippen LogP contribution is -1.71. The molecule has 0 heteroatoms. The maximum absolute atomic E-state index is 3.00. The summed E-state index contributed by atoms with van der Waals surface area (Å²) in [4.78, 5) is 0. The van der Waals surface area contributed by atoms with Crippen LogP contribution in [-0.2, 0) is 0 Å². The molecule has 1 aromatic rings. The topological polar surface area (TPSA) is 0 Å². The molecule has 0 aliphatic heterocycles. The third-order valence-electron chi connectivity index (χ3n) is 1.17. The fourth-order valence-corrected chi connectivity index (χ4v) is 0.807. The van der Waals surface area contributed by atoms with Crippen molar-refractivity contribution in [3.8, 4) is 0 Å². The van der Waals surface area contributed by atoms with E-state index in [9.17, 15) is 0 Å². The maximum atomic E-state index is 3.00. The molecule has 0 radical (unpaired) electrons. The van der Waals surface area contributed by atoms with Crippen molar-refractivity contribution < 1.29 is 0 Å². The summed E-state index contributed by atoms with van der Waals surface area (Å²) in [5, 5.41) is 0. The van der Waals surface area contributed by atoms with E-state index in [1.807, 2.05) is 0 Å². The van der Waals surface area contributed by atoms with Gasteiger partial charge in [0.15, 0.2) is 0 Å². The summed E-state index contributed by atoms with van der Waals surface area (Å²) >= 11 is 0. The zero-order chi connectivity index (χ0) is 7.98. The van der Waals surface area contributed by atoms with Gasteiger partial charge in [-0.1, -0.05) is 35.4 Å². The molecule has 0 heterocycles. The fourth-order valence-electron chi connectivity index (χ4n) is 0.807. The van der Waals surface area contributed by atoms with Crippen LogP contribution in [0.3, 0.4) is 0 Å². The predicted octanol–water partition coefficient (Wildman–Crippen LogP) is 3.11. The highest BCUT2D eigenvalue weighted by atomic mass is 13.9. The van der Waals surface area contributed by atoms with Crippen molar-refractivity contribution in [3.63, 3.8) is 0 Å². The largest absolute Gasteiger partial charge is 0.106 e. The Balaban J connectivity index is 0.000000371. The summed E-state index contributed by atoms with van der Waals surface area (Å²) in [6, 6.07) is 8.45. The smallest absolute Gasteiger partial charge is 0.0398 e. The molecule has 0 fully saturated rings. The number of hydrogen-bond donors (Lipinski definition) is 0. The van der Waals surface area contributed by atoms with Crippen molar-refractivity contribution in [2.75, 3.05) is 0 Å². The number of rotatable bonds is 0. The van der Waals surface area contributed by atoms with Gasteiger partial charge in [0.1, 0.15) is 0 Å². The molecule has 1 aromatic carbocycles. The van der Waals surface area contributed by atoms with Gasteiger partial charge in [-0.25, -0.2) is 0 Å². The lowest BCUT2D eigenvalue weighted by molar-refractivity contribution is 1.39. The lowest BCUT2D eigenvalue weighted by Gasteiger charge is -1.90. The van der Waals surface area contributed by atoms with E-state index in [2.05, 4.69) is 51.3 Å². The van der Waals surface area contributed by atoms with Gasteiger partial charge in [-0.15, -0.1) is 13.2 Å². The third-order valence-corrected chi connectivity index (χ3v) is 1.17. The van der Waals surface area contributed by atoms with Gasteiger partial charge in [0.2, 0.25) is 0 Å². The van der Waals surface area contributed by atoms with E-state index in [-0.39, 0.29) is 0 Å². The summed E-state index contributed by atoms with van der Waals surface area (Å²) in [5.41, 5.74) is 2.68. The van der Waals surface area contributed by atoms with Gasteiger partial charge in [0, 0.05) is 0 Å². The van der Waals surface area contributed by atoms with Gasteiger partial charge in [-0.2, -0.15) is 0 Å². The van der Waals surface area contributed by atoms with Crippen molar-refractivity contribution >= 4 is 0 Å². The van der Waals surface area contributed by atoms with Crippen LogP contribution >= 0.6 is 0 Å². The van der Waals surface area contributed by atoms with Gasteiger partial charge in [-0.3, -0.25) is 0 Å². The van der Waals surface area contributed by atoms with E-state index in [1.165, 1.54) is 11.1 Å². The van der Waals surface area contributed by atoms with E-state index in [0.29, 0.717) is 0 Å². The van der Waals surface area contributed by atoms with Gasteiger partial charge >= 0.3 is 0 Å². The Morgan fingerprint density at radius 3 is 1.60 bits per heavy atom. The second-order valence-electron chi connectivity index (χ2n) is 2.16. The molecule has 0 unspecified atom stereocenters. The summed E-state index contributed by atoms with van der Waals surface area (Å²) in [6.07, 6.45) is 0. The van der Waals surface area contributed by atoms with Crippen LogP contribution in [0.5, 0.6) is 0 Å². The molecule has 0 spiro atoms. The second kappa shape index (κ2) is 4.80. The van der Waals surface area contributed by atoms with Crippen LogP contribution in [0, 0.1) is 13.8 Å². The standard InChI is InChI=1S/C8H10.C2H4/c1-7-4-3-5-8(2)6-7;1-2/h3-6H,1-2H3;1-2H2. The highest BCUT2D eigenvalue weighted by molar-refractivity contribution is 5.20. The first-order valence-electron chi connectivity index (χ1n) is 3.32. The Bertz CT molecular complexity index is 172. The molecular weight excluding hydrogens is 120 g/mol. The molecule has 0 nitrogen and oxygen atoms in total. The third kappa shape index (κ3) is 3.08. The van der Waals surface area contributed by atoms with Gasteiger partial charge in [-0.05, 0) is 13.8 Å². The Labute approximate surface area is 63.2 Å². The maximum Gasteiger partial charge on any atom is -0.0398 e. The minimum Gasteiger partial charge on any atom is -0.106 e. The average Bonchev–Trinajstić information content (AvgIpc) is 1.91. The van der Waals surface area contributed by atoms with Crippen molar-refractivity contribution in [2.24, 2.45) is 0 Å². The van der Waals surface area contributed by atoms with Gasteiger partial charge in [0.05, 0.1) is 0 Å². The van der Waals surface area contributed by atoms with Crippen molar-refractivity contribution in [1.82, 2.24) is 0 Å². The molecule has 0 N–H and O–H groups in total. The highest BCUT2D eigenvalue weighted by Crippen LogP contribution is 2.00. The Hall–Kier alpha value is -1.04. The van der Waals surface area contributed by atoms with Crippen molar-refractivity contribution in [2.45, 2.75) is 13.8 Å². The SMILES string of the molecule is C=C.Cc1cccc(C)c1. The minimum atomic E-state index is 1.34. The molecule has 0 bridgehead atoms. The van der Waals surface area contributed by atoms with Crippen LogP contribution in [0.15, 0.2) is 37.4 Å². The Morgan fingerprint density at radius 2 is 1.40 bits per heavy atom. The molecule has 1 rings (SSSR count). The van der Waals surface area contributed by atoms with E-state index < -0.39 is 0 Å². The zero-order valence-corrected chi connectivity index (χ0v) is 6.72.